The molecule has 0 atom stereocenters. The van der Waals surface area contributed by atoms with Gasteiger partial charge in [-0.3, -0.25) is 14.5 Å². The van der Waals surface area contributed by atoms with Crippen LogP contribution in [0.4, 0.5) is 5.69 Å². The van der Waals surface area contributed by atoms with Crippen LogP contribution < -0.4 is 4.90 Å². The number of para-hydroxylation sites is 1. The van der Waals surface area contributed by atoms with Gasteiger partial charge in [-0.1, -0.05) is 48.5 Å². The summed E-state index contributed by atoms with van der Waals surface area (Å²) >= 11 is 0. The molecule has 0 spiro atoms. The van der Waals surface area contributed by atoms with Gasteiger partial charge in [-0.25, -0.2) is 9.48 Å². The van der Waals surface area contributed by atoms with Crippen LogP contribution in [-0.2, 0) is 20.9 Å². The monoisotopic (exact) mass is 451 g/mol. The van der Waals surface area contributed by atoms with E-state index < -0.39 is 5.97 Å². The molecule has 2 amide bonds. The Kier molecular flexibility index (Phi) is 5.74. The maximum absolute atomic E-state index is 12.7. The first-order valence-corrected chi connectivity index (χ1v) is 10.9. The van der Waals surface area contributed by atoms with E-state index in [1.807, 2.05) is 66.9 Å². The Morgan fingerprint density at radius 2 is 1.41 bits per heavy atom. The first-order chi connectivity index (χ1) is 16.6. The lowest BCUT2D eigenvalue weighted by Crippen LogP contribution is -2.28. The van der Waals surface area contributed by atoms with Gasteiger partial charge in [-0.2, -0.15) is 5.10 Å². The Labute approximate surface area is 196 Å². The fourth-order valence-corrected chi connectivity index (χ4v) is 3.91. The molecular weight excluding hydrogens is 430 g/mol. The molecule has 4 aromatic rings. The van der Waals surface area contributed by atoms with Crippen LogP contribution in [-0.4, -0.2) is 27.6 Å². The maximum Gasteiger partial charge on any atom is 0.338 e. The number of nitrogens with zero attached hydrogens (tertiary/aromatic N) is 3. The largest absolute Gasteiger partial charge is 0.457 e. The molecule has 5 rings (SSSR count). The van der Waals surface area contributed by atoms with Gasteiger partial charge >= 0.3 is 5.97 Å². The molecule has 0 aliphatic carbocycles. The van der Waals surface area contributed by atoms with E-state index in [0.717, 1.165) is 27.4 Å². The molecule has 1 fully saturated rings. The minimum Gasteiger partial charge on any atom is -0.457 e. The third-order valence-electron chi connectivity index (χ3n) is 5.63. The van der Waals surface area contributed by atoms with Crippen LogP contribution in [0.3, 0.4) is 0 Å². The molecule has 34 heavy (non-hydrogen) atoms. The molecule has 0 N–H and O–H groups in total. The summed E-state index contributed by atoms with van der Waals surface area (Å²) in [5.74, 6) is -0.967. The number of carbonyl (C=O) groups is 3. The predicted octanol–water partition coefficient (Wildman–Crippen LogP) is 4.55. The van der Waals surface area contributed by atoms with Gasteiger partial charge in [0.2, 0.25) is 11.8 Å². The second-order valence-electron chi connectivity index (χ2n) is 7.89. The van der Waals surface area contributed by atoms with Crippen LogP contribution in [0.25, 0.3) is 16.9 Å². The van der Waals surface area contributed by atoms with Crippen LogP contribution >= 0.6 is 0 Å². The van der Waals surface area contributed by atoms with Crippen molar-refractivity contribution in [3.63, 3.8) is 0 Å². The Balaban J connectivity index is 1.35. The van der Waals surface area contributed by atoms with Crippen molar-refractivity contribution in [2.45, 2.75) is 19.4 Å². The Morgan fingerprint density at radius 1 is 0.794 bits per heavy atom. The normalized spacial score (nSPS) is 13.4. The van der Waals surface area contributed by atoms with Crippen molar-refractivity contribution >= 4 is 23.5 Å². The van der Waals surface area contributed by atoms with Gasteiger partial charge < -0.3 is 4.74 Å². The fraction of sp³-hybridized carbons (Fsp3) is 0.111. The lowest BCUT2D eigenvalue weighted by molar-refractivity contribution is -0.121. The fourth-order valence-electron chi connectivity index (χ4n) is 3.91. The van der Waals surface area contributed by atoms with E-state index in [0.29, 0.717) is 11.3 Å². The number of aromatic nitrogens is 2. The number of hydrogen-bond donors (Lipinski definition) is 0. The zero-order valence-electron chi connectivity index (χ0n) is 18.3. The van der Waals surface area contributed by atoms with Crippen molar-refractivity contribution in [2.24, 2.45) is 0 Å². The quantitative estimate of drug-likeness (QED) is 0.317. The number of rotatable bonds is 6. The highest BCUT2D eigenvalue weighted by atomic mass is 16.5. The molecule has 0 unspecified atom stereocenters. The third kappa shape index (κ3) is 4.23. The van der Waals surface area contributed by atoms with E-state index >= 15 is 0 Å². The number of anilines is 1. The van der Waals surface area contributed by atoms with E-state index in [4.69, 9.17) is 9.84 Å². The number of ether oxygens (including phenoxy) is 1. The van der Waals surface area contributed by atoms with Crippen molar-refractivity contribution in [1.82, 2.24) is 9.78 Å². The van der Waals surface area contributed by atoms with Crippen LogP contribution in [0.1, 0.15) is 28.8 Å². The molecule has 168 valence electrons. The average Bonchev–Trinajstić information content (AvgIpc) is 3.46. The molecule has 1 saturated heterocycles. The van der Waals surface area contributed by atoms with Crippen LogP contribution in [0, 0.1) is 0 Å². The number of carbonyl (C=O) groups excluding carboxylic acids is 3. The number of benzene rings is 3. The molecule has 0 radical (unpaired) electrons. The molecular formula is C27H21N3O4. The smallest absolute Gasteiger partial charge is 0.338 e. The van der Waals surface area contributed by atoms with Gasteiger partial charge in [0.25, 0.3) is 0 Å². The summed E-state index contributed by atoms with van der Waals surface area (Å²) < 4.78 is 7.36. The number of esters is 1. The zero-order chi connectivity index (χ0) is 23.5. The van der Waals surface area contributed by atoms with E-state index in [-0.39, 0.29) is 31.3 Å². The zero-order valence-corrected chi connectivity index (χ0v) is 18.3. The van der Waals surface area contributed by atoms with Gasteiger partial charge in [0.05, 0.1) is 22.6 Å². The summed E-state index contributed by atoms with van der Waals surface area (Å²) in [7, 11) is 0. The predicted molar refractivity (Wildman–Crippen MR) is 126 cm³/mol. The van der Waals surface area contributed by atoms with Crippen LogP contribution in [0.15, 0.2) is 91.1 Å². The molecule has 1 aliphatic rings. The lowest BCUT2D eigenvalue weighted by Gasteiger charge is -2.14. The van der Waals surface area contributed by atoms with Gasteiger partial charge in [-0.05, 0) is 36.4 Å². The summed E-state index contributed by atoms with van der Waals surface area (Å²) in [6.07, 6.45) is 2.28. The first-order valence-electron chi connectivity index (χ1n) is 10.9. The van der Waals surface area contributed by atoms with E-state index in [2.05, 4.69) is 0 Å². The molecule has 0 bridgehead atoms. The molecule has 7 nitrogen and oxygen atoms in total. The second-order valence-corrected chi connectivity index (χ2v) is 7.89. The Bertz CT molecular complexity index is 1330. The van der Waals surface area contributed by atoms with Gasteiger partial charge in [0, 0.05) is 30.2 Å². The molecule has 2 heterocycles. The molecule has 7 heteroatoms. The summed E-state index contributed by atoms with van der Waals surface area (Å²) in [5, 5.41) is 4.73. The van der Waals surface area contributed by atoms with E-state index in [1.54, 1.807) is 28.9 Å². The number of imide groups is 1. The van der Waals surface area contributed by atoms with Gasteiger partial charge in [0.1, 0.15) is 6.61 Å². The number of hydrogen-bond acceptors (Lipinski definition) is 5. The SMILES string of the molecule is O=C(OCc1cn(-c2ccccc2)nc1-c1ccccc1)c1ccc(N2C(=O)CCC2=O)cc1. The van der Waals surface area contributed by atoms with Crippen molar-refractivity contribution in [2.75, 3.05) is 4.90 Å². The highest BCUT2D eigenvalue weighted by molar-refractivity contribution is 6.19. The topological polar surface area (TPSA) is 81.5 Å². The van der Waals surface area contributed by atoms with Crippen molar-refractivity contribution < 1.29 is 19.1 Å². The van der Waals surface area contributed by atoms with Gasteiger partial charge in [-0.15, -0.1) is 0 Å². The summed E-state index contributed by atoms with van der Waals surface area (Å²) in [6.45, 7) is 0.0424. The summed E-state index contributed by atoms with van der Waals surface area (Å²) in [6, 6.07) is 25.7. The Hall–Kier alpha value is -4.52. The Morgan fingerprint density at radius 3 is 2.06 bits per heavy atom. The average molecular weight is 451 g/mol. The first kappa shape index (κ1) is 21.3. The minimum atomic E-state index is -0.503. The molecule has 0 saturated carbocycles. The summed E-state index contributed by atoms with van der Waals surface area (Å²) in [4.78, 5) is 37.7. The highest BCUT2D eigenvalue weighted by Gasteiger charge is 2.30. The second kappa shape index (κ2) is 9.15. The van der Waals surface area contributed by atoms with E-state index in [1.165, 1.54) is 0 Å². The van der Waals surface area contributed by atoms with Crippen LogP contribution in [0.5, 0.6) is 0 Å². The maximum atomic E-state index is 12.7. The molecule has 3 aromatic carbocycles. The standard InChI is InChI=1S/C27H21N3O4/c31-24-15-16-25(32)30(24)23-13-11-20(12-14-23)27(33)34-18-21-17-29(22-9-5-2-6-10-22)28-26(21)19-7-3-1-4-8-19/h1-14,17H,15-16,18H2. The third-order valence-corrected chi connectivity index (χ3v) is 5.63. The lowest BCUT2D eigenvalue weighted by atomic mass is 10.1. The van der Waals surface area contributed by atoms with Gasteiger partial charge in [0.15, 0.2) is 0 Å². The highest BCUT2D eigenvalue weighted by Crippen LogP contribution is 2.26. The number of amides is 2. The van der Waals surface area contributed by atoms with Crippen molar-refractivity contribution in [3.05, 3.63) is 102 Å². The molecule has 1 aromatic heterocycles. The van der Waals surface area contributed by atoms with E-state index in [9.17, 15) is 14.4 Å². The molecule has 1 aliphatic heterocycles. The van der Waals surface area contributed by atoms with Crippen molar-refractivity contribution in [1.29, 1.82) is 0 Å². The summed E-state index contributed by atoms with van der Waals surface area (Å²) in [5.41, 5.74) is 4.12. The van der Waals surface area contributed by atoms with Crippen LogP contribution in [0.2, 0.25) is 0 Å². The minimum absolute atomic E-state index is 0.0424. The van der Waals surface area contributed by atoms with Crippen molar-refractivity contribution in [3.8, 4) is 16.9 Å².